The first kappa shape index (κ1) is 13.4. The zero-order valence-corrected chi connectivity index (χ0v) is 11.6. The van der Waals surface area contributed by atoms with Crippen molar-refractivity contribution in [3.8, 4) is 0 Å². The minimum atomic E-state index is -3.48. The molecule has 0 saturated heterocycles. The van der Waals surface area contributed by atoms with Crippen LogP contribution in [-0.4, -0.2) is 18.6 Å². The Morgan fingerprint density at radius 1 is 1.37 bits per heavy atom. The Labute approximate surface area is 112 Å². The maximum atomic E-state index is 12.1. The number of nitrogens with two attached hydrogens (primary N) is 1. The van der Waals surface area contributed by atoms with Gasteiger partial charge in [0.05, 0.1) is 22.8 Å². The van der Waals surface area contributed by atoms with Crippen molar-refractivity contribution >= 4 is 21.4 Å². The summed E-state index contributed by atoms with van der Waals surface area (Å²) in [6, 6.07) is 6.82. The smallest absolute Gasteiger partial charge is 0.237 e. The molecule has 0 amide bonds. The fraction of sp³-hybridized carbons (Fsp3) is 0.250. The minimum absolute atomic E-state index is 0.123. The number of nitrogen functional groups attached to an aromatic ring is 1. The van der Waals surface area contributed by atoms with E-state index < -0.39 is 10.0 Å². The lowest BCUT2D eigenvalue weighted by Crippen LogP contribution is -2.16. The van der Waals surface area contributed by atoms with E-state index >= 15 is 0 Å². The number of sulfonamides is 1. The van der Waals surface area contributed by atoms with Gasteiger partial charge in [0.2, 0.25) is 10.0 Å². The van der Waals surface area contributed by atoms with E-state index in [9.17, 15) is 8.42 Å². The van der Waals surface area contributed by atoms with Gasteiger partial charge in [-0.05, 0) is 31.5 Å². The van der Waals surface area contributed by atoms with Crippen LogP contribution in [0.1, 0.15) is 17.0 Å². The molecular formula is C12H16N4O2S. The molecule has 0 fully saturated rings. The molecule has 1 heterocycles. The molecule has 0 aliphatic heterocycles. The van der Waals surface area contributed by atoms with Gasteiger partial charge in [0.15, 0.2) is 0 Å². The van der Waals surface area contributed by atoms with Gasteiger partial charge in [0.25, 0.3) is 0 Å². The molecule has 19 heavy (non-hydrogen) atoms. The van der Waals surface area contributed by atoms with E-state index in [1.54, 1.807) is 38.1 Å². The van der Waals surface area contributed by atoms with Gasteiger partial charge < -0.3 is 5.73 Å². The molecule has 102 valence electrons. The lowest BCUT2D eigenvalue weighted by atomic mass is 10.2. The molecule has 6 nitrogen and oxygen atoms in total. The summed E-state index contributed by atoms with van der Waals surface area (Å²) in [7, 11) is -3.48. The van der Waals surface area contributed by atoms with E-state index in [0.717, 1.165) is 0 Å². The number of rotatable bonds is 4. The molecule has 1 aromatic carbocycles. The molecule has 0 saturated carbocycles. The Hall–Kier alpha value is -2.02. The normalized spacial score (nSPS) is 11.5. The number of aromatic amines is 1. The quantitative estimate of drug-likeness (QED) is 0.739. The van der Waals surface area contributed by atoms with Crippen molar-refractivity contribution in [3.63, 3.8) is 0 Å². The first-order chi connectivity index (χ1) is 8.87. The molecular weight excluding hydrogens is 264 g/mol. The zero-order chi connectivity index (χ0) is 14.0. The maximum Gasteiger partial charge on any atom is 0.237 e. The number of aryl methyl sites for hydroxylation is 2. The highest BCUT2D eigenvalue weighted by molar-refractivity contribution is 7.91. The standard InChI is InChI=1S/C12H16N4O2S/c1-8-12(9(2)15-14-8)16-19(17,18)7-10-4-3-5-11(13)6-10/h3-6,16H,7,13H2,1-2H3,(H,14,15). The maximum absolute atomic E-state index is 12.1. The Morgan fingerprint density at radius 2 is 2.11 bits per heavy atom. The molecule has 0 bridgehead atoms. The molecule has 7 heteroatoms. The first-order valence-electron chi connectivity index (χ1n) is 5.74. The van der Waals surface area contributed by atoms with Gasteiger partial charge in [-0.1, -0.05) is 12.1 Å². The van der Waals surface area contributed by atoms with E-state index in [4.69, 9.17) is 5.73 Å². The monoisotopic (exact) mass is 280 g/mol. The fourth-order valence-corrected chi connectivity index (χ4v) is 3.10. The molecule has 0 unspecified atom stereocenters. The number of hydrogen-bond acceptors (Lipinski definition) is 4. The van der Waals surface area contributed by atoms with Gasteiger partial charge in [0.1, 0.15) is 0 Å². The number of nitrogens with one attached hydrogen (secondary N) is 2. The molecule has 0 spiro atoms. The molecule has 0 radical (unpaired) electrons. The number of hydrogen-bond donors (Lipinski definition) is 3. The lowest BCUT2D eigenvalue weighted by Gasteiger charge is -2.08. The van der Waals surface area contributed by atoms with E-state index in [2.05, 4.69) is 14.9 Å². The van der Waals surface area contributed by atoms with Crippen molar-refractivity contribution in [2.45, 2.75) is 19.6 Å². The minimum Gasteiger partial charge on any atom is -0.399 e. The van der Waals surface area contributed by atoms with Crippen LogP contribution in [0.5, 0.6) is 0 Å². The Bertz CT molecular complexity index is 672. The number of nitrogens with zero attached hydrogens (tertiary/aromatic N) is 1. The summed E-state index contributed by atoms with van der Waals surface area (Å²) in [5.74, 6) is -0.123. The number of H-pyrrole nitrogens is 1. The lowest BCUT2D eigenvalue weighted by molar-refractivity contribution is 0.600. The van der Waals surface area contributed by atoms with Crippen molar-refractivity contribution in [1.82, 2.24) is 10.2 Å². The van der Waals surface area contributed by atoms with Crippen molar-refractivity contribution in [2.75, 3.05) is 10.5 Å². The SMILES string of the molecule is Cc1n[nH]c(C)c1NS(=O)(=O)Cc1cccc(N)c1. The predicted molar refractivity (Wildman–Crippen MR) is 75.2 cm³/mol. The topological polar surface area (TPSA) is 101 Å². The summed E-state index contributed by atoms with van der Waals surface area (Å²) < 4.78 is 26.7. The number of aromatic nitrogens is 2. The van der Waals surface area contributed by atoms with E-state index in [0.29, 0.717) is 28.3 Å². The average Bonchev–Trinajstić information content (AvgIpc) is 2.60. The van der Waals surface area contributed by atoms with E-state index in [-0.39, 0.29) is 5.75 Å². The largest absolute Gasteiger partial charge is 0.399 e. The van der Waals surface area contributed by atoms with Crippen LogP contribution in [0.2, 0.25) is 0 Å². The number of benzene rings is 1. The second kappa shape index (κ2) is 4.93. The molecule has 2 rings (SSSR count). The third kappa shape index (κ3) is 3.25. The highest BCUT2D eigenvalue weighted by atomic mass is 32.2. The van der Waals surface area contributed by atoms with Crippen LogP contribution in [0.25, 0.3) is 0 Å². The van der Waals surface area contributed by atoms with Crippen molar-refractivity contribution < 1.29 is 8.42 Å². The van der Waals surface area contributed by atoms with Crippen molar-refractivity contribution in [2.24, 2.45) is 0 Å². The van der Waals surface area contributed by atoms with Crippen LogP contribution in [0.15, 0.2) is 24.3 Å². The average molecular weight is 280 g/mol. The Kier molecular flexibility index (Phi) is 3.48. The second-order valence-electron chi connectivity index (χ2n) is 4.42. The van der Waals surface area contributed by atoms with Crippen molar-refractivity contribution in [1.29, 1.82) is 0 Å². The van der Waals surface area contributed by atoms with Gasteiger partial charge in [-0.3, -0.25) is 9.82 Å². The molecule has 0 aliphatic rings. The van der Waals surface area contributed by atoms with Crippen LogP contribution in [0.3, 0.4) is 0 Å². The van der Waals surface area contributed by atoms with E-state index in [1.807, 2.05) is 0 Å². The van der Waals surface area contributed by atoms with E-state index in [1.165, 1.54) is 0 Å². The molecule has 0 aliphatic carbocycles. The van der Waals surface area contributed by atoms with Crippen LogP contribution in [0.4, 0.5) is 11.4 Å². The number of anilines is 2. The summed E-state index contributed by atoms with van der Waals surface area (Å²) in [6.45, 7) is 3.50. The van der Waals surface area contributed by atoms with Crippen LogP contribution >= 0.6 is 0 Å². The molecule has 1 aromatic heterocycles. The van der Waals surface area contributed by atoms with Crippen molar-refractivity contribution in [3.05, 3.63) is 41.2 Å². The van der Waals surface area contributed by atoms with Crippen LogP contribution in [-0.2, 0) is 15.8 Å². The highest BCUT2D eigenvalue weighted by Crippen LogP contribution is 2.19. The molecule has 4 N–H and O–H groups in total. The van der Waals surface area contributed by atoms with Gasteiger partial charge in [-0.15, -0.1) is 0 Å². The second-order valence-corrected chi connectivity index (χ2v) is 6.14. The predicted octanol–water partition coefficient (Wildman–Crippen LogP) is 1.55. The molecule has 0 atom stereocenters. The summed E-state index contributed by atoms with van der Waals surface area (Å²) in [5, 5.41) is 6.69. The summed E-state index contributed by atoms with van der Waals surface area (Å²) in [5.41, 5.74) is 8.63. The zero-order valence-electron chi connectivity index (χ0n) is 10.8. The Morgan fingerprint density at radius 3 is 2.68 bits per heavy atom. The third-order valence-electron chi connectivity index (χ3n) is 2.69. The highest BCUT2D eigenvalue weighted by Gasteiger charge is 2.16. The van der Waals surface area contributed by atoms with Gasteiger partial charge in [-0.2, -0.15) is 5.10 Å². The van der Waals surface area contributed by atoms with Crippen LogP contribution < -0.4 is 10.5 Å². The Balaban J connectivity index is 2.20. The summed E-state index contributed by atoms with van der Waals surface area (Å²) in [4.78, 5) is 0. The molecule has 2 aromatic rings. The fourth-order valence-electron chi connectivity index (χ4n) is 1.80. The van der Waals surface area contributed by atoms with Gasteiger partial charge >= 0.3 is 0 Å². The van der Waals surface area contributed by atoms with Gasteiger partial charge in [0, 0.05) is 5.69 Å². The third-order valence-corrected chi connectivity index (χ3v) is 3.92. The van der Waals surface area contributed by atoms with Crippen LogP contribution in [0, 0.1) is 13.8 Å². The first-order valence-corrected chi connectivity index (χ1v) is 7.39. The summed E-state index contributed by atoms with van der Waals surface area (Å²) >= 11 is 0. The summed E-state index contributed by atoms with van der Waals surface area (Å²) in [6.07, 6.45) is 0. The van der Waals surface area contributed by atoms with Gasteiger partial charge in [-0.25, -0.2) is 8.42 Å².